The molecule has 178 valence electrons. The Bertz CT molecular complexity index is 1290. The first-order chi connectivity index (χ1) is 17.0. The molecule has 3 aromatic carbocycles. The molecule has 1 fully saturated rings. The van der Waals surface area contributed by atoms with Crippen LogP contribution >= 0.6 is 0 Å². The smallest absolute Gasteiger partial charge is 0.281 e. The highest BCUT2D eigenvalue weighted by Gasteiger charge is 2.43. The summed E-state index contributed by atoms with van der Waals surface area (Å²) in [5.74, 6) is -1.33. The molecule has 35 heavy (non-hydrogen) atoms. The van der Waals surface area contributed by atoms with Gasteiger partial charge in [-0.25, -0.2) is 18.2 Å². The van der Waals surface area contributed by atoms with Gasteiger partial charge in [-0.1, -0.05) is 30.3 Å². The molecule has 1 saturated carbocycles. The van der Waals surface area contributed by atoms with Crippen LogP contribution in [0.2, 0.25) is 0 Å². The Morgan fingerprint density at radius 3 is 2.40 bits per heavy atom. The molecule has 0 aromatic heterocycles. The van der Waals surface area contributed by atoms with E-state index in [-0.39, 0.29) is 35.8 Å². The largest absolute Gasteiger partial charge is 0.484 e. The molecule has 2 aliphatic rings. The van der Waals surface area contributed by atoms with Gasteiger partial charge in [0.2, 0.25) is 0 Å². The molecule has 5 rings (SSSR count). The second-order valence-electron chi connectivity index (χ2n) is 8.69. The topological polar surface area (TPSA) is 41.9 Å². The minimum Gasteiger partial charge on any atom is -0.484 e. The van der Waals surface area contributed by atoms with E-state index >= 15 is 0 Å². The Labute approximate surface area is 201 Å². The molecule has 7 heteroatoms. The van der Waals surface area contributed by atoms with Crippen molar-refractivity contribution in [1.82, 2.24) is 5.01 Å². The molecule has 1 aliphatic heterocycles. The number of hydrazone groups is 1. The SMILES string of the molecule is O=C(COc1cccc(F)c1)N1N=C2/C(=C/c3ccc(F)cc3)CCCC2C1c1ccc(F)cc1. The van der Waals surface area contributed by atoms with Crippen molar-refractivity contribution in [2.45, 2.75) is 25.3 Å². The monoisotopic (exact) mass is 476 g/mol. The summed E-state index contributed by atoms with van der Waals surface area (Å²) in [7, 11) is 0. The quantitative estimate of drug-likeness (QED) is 0.433. The van der Waals surface area contributed by atoms with Crippen molar-refractivity contribution in [1.29, 1.82) is 0 Å². The summed E-state index contributed by atoms with van der Waals surface area (Å²) in [5, 5.41) is 6.14. The van der Waals surface area contributed by atoms with Gasteiger partial charge in [-0.2, -0.15) is 5.10 Å². The normalized spacial score (nSPS) is 20.5. The van der Waals surface area contributed by atoms with Crippen LogP contribution in [0.3, 0.4) is 0 Å². The highest BCUT2D eigenvalue weighted by molar-refractivity contribution is 6.08. The standard InChI is InChI=1S/C28H23F3N2O2/c29-21-11-7-18(8-12-21)15-20-3-1-6-25-27(20)32-33(28(25)19-9-13-22(30)14-10-19)26(34)17-35-24-5-2-4-23(31)16-24/h2,4-5,7-16,25,28H,1,3,6,17H2/b20-15+. The van der Waals surface area contributed by atoms with E-state index in [1.807, 2.05) is 6.08 Å². The van der Waals surface area contributed by atoms with Gasteiger partial charge in [-0.3, -0.25) is 4.79 Å². The number of carbonyl (C=O) groups excluding carboxylic acids is 1. The minimum atomic E-state index is -0.456. The predicted molar refractivity (Wildman–Crippen MR) is 127 cm³/mol. The highest BCUT2D eigenvalue weighted by Crippen LogP contribution is 2.44. The molecule has 4 nitrogen and oxygen atoms in total. The summed E-state index contributed by atoms with van der Waals surface area (Å²) in [6, 6.07) is 17.5. The Hall–Kier alpha value is -3.87. The zero-order valence-corrected chi connectivity index (χ0v) is 18.8. The number of rotatable bonds is 5. The average Bonchev–Trinajstić information content (AvgIpc) is 3.25. The van der Waals surface area contributed by atoms with Gasteiger partial charge in [0.15, 0.2) is 6.61 Å². The van der Waals surface area contributed by atoms with Crippen molar-refractivity contribution in [2.75, 3.05) is 6.61 Å². The number of benzene rings is 3. The molecule has 3 aromatic rings. The van der Waals surface area contributed by atoms with Crippen molar-refractivity contribution < 1.29 is 22.7 Å². The molecule has 0 spiro atoms. The molecule has 1 amide bonds. The van der Waals surface area contributed by atoms with E-state index in [0.29, 0.717) is 0 Å². The van der Waals surface area contributed by atoms with Crippen molar-refractivity contribution in [3.63, 3.8) is 0 Å². The van der Waals surface area contributed by atoms with Crippen LogP contribution in [0, 0.1) is 23.4 Å². The number of nitrogens with zero attached hydrogens (tertiary/aromatic N) is 2. The van der Waals surface area contributed by atoms with Crippen molar-refractivity contribution in [3.8, 4) is 5.75 Å². The molecular weight excluding hydrogens is 453 g/mol. The van der Waals surface area contributed by atoms with Crippen LogP contribution in [0.25, 0.3) is 6.08 Å². The van der Waals surface area contributed by atoms with E-state index in [1.165, 1.54) is 47.5 Å². The van der Waals surface area contributed by atoms with Crippen molar-refractivity contribution in [3.05, 3.63) is 107 Å². The van der Waals surface area contributed by atoms with Crippen molar-refractivity contribution >= 4 is 17.7 Å². The number of hydrogen-bond donors (Lipinski definition) is 0. The minimum absolute atomic E-state index is 0.0703. The third kappa shape index (κ3) is 4.99. The van der Waals surface area contributed by atoms with Crippen LogP contribution in [-0.4, -0.2) is 23.2 Å². The third-order valence-electron chi connectivity index (χ3n) is 6.34. The van der Waals surface area contributed by atoms with Crippen LogP contribution in [0.15, 0.2) is 83.5 Å². The summed E-state index contributed by atoms with van der Waals surface area (Å²) in [5.41, 5.74) is 3.41. The van der Waals surface area contributed by atoms with Gasteiger partial charge in [0.1, 0.15) is 23.2 Å². The van der Waals surface area contributed by atoms with Crippen LogP contribution in [0.1, 0.15) is 36.4 Å². The van der Waals surface area contributed by atoms with Crippen LogP contribution < -0.4 is 4.74 Å². The molecule has 0 bridgehead atoms. The molecule has 2 atom stereocenters. The molecule has 1 aliphatic carbocycles. The highest BCUT2D eigenvalue weighted by atomic mass is 19.1. The van der Waals surface area contributed by atoms with E-state index < -0.39 is 11.9 Å². The number of halogens is 3. The number of carbonyl (C=O) groups is 1. The van der Waals surface area contributed by atoms with E-state index in [9.17, 15) is 18.0 Å². The number of ether oxygens (including phenoxy) is 1. The van der Waals surface area contributed by atoms with E-state index in [1.54, 1.807) is 30.3 Å². The summed E-state index contributed by atoms with van der Waals surface area (Å²) in [6.45, 7) is -0.318. The van der Waals surface area contributed by atoms with Gasteiger partial charge in [-0.15, -0.1) is 0 Å². The van der Waals surface area contributed by atoms with Gasteiger partial charge in [-0.05, 0) is 78.4 Å². The number of hydrogen-bond acceptors (Lipinski definition) is 3. The molecular formula is C28H23F3N2O2. The van der Waals surface area contributed by atoms with Crippen molar-refractivity contribution in [2.24, 2.45) is 11.0 Å². The van der Waals surface area contributed by atoms with Gasteiger partial charge in [0.05, 0.1) is 11.8 Å². The number of amides is 1. The summed E-state index contributed by atoms with van der Waals surface area (Å²) < 4.78 is 46.0. The fourth-order valence-electron chi connectivity index (χ4n) is 4.73. The lowest BCUT2D eigenvalue weighted by Gasteiger charge is -2.29. The molecule has 0 saturated heterocycles. The summed E-state index contributed by atoms with van der Waals surface area (Å²) in [4.78, 5) is 13.3. The van der Waals surface area contributed by atoms with Gasteiger partial charge in [0, 0.05) is 12.0 Å². The lowest BCUT2D eigenvalue weighted by Crippen LogP contribution is -2.34. The lowest BCUT2D eigenvalue weighted by molar-refractivity contribution is -0.135. The van der Waals surface area contributed by atoms with Crippen LogP contribution in [0.5, 0.6) is 5.75 Å². The second-order valence-corrected chi connectivity index (χ2v) is 8.69. The van der Waals surface area contributed by atoms with E-state index in [0.717, 1.165) is 41.7 Å². The Balaban J connectivity index is 1.46. The third-order valence-corrected chi connectivity index (χ3v) is 6.34. The molecule has 0 radical (unpaired) electrons. The fraction of sp³-hybridized carbons (Fsp3) is 0.214. The number of allylic oxidation sites excluding steroid dienone is 1. The molecule has 2 unspecified atom stereocenters. The summed E-state index contributed by atoms with van der Waals surface area (Å²) >= 11 is 0. The Kier molecular flexibility index (Phi) is 6.40. The lowest BCUT2D eigenvalue weighted by atomic mass is 9.77. The predicted octanol–water partition coefficient (Wildman–Crippen LogP) is 6.31. The zero-order chi connectivity index (χ0) is 24.4. The second kappa shape index (κ2) is 9.78. The van der Waals surface area contributed by atoms with E-state index in [2.05, 4.69) is 0 Å². The number of fused-ring (bicyclic) bond motifs is 1. The first kappa shape index (κ1) is 22.9. The maximum absolute atomic E-state index is 13.6. The maximum atomic E-state index is 13.6. The maximum Gasteiger partial charge on any atom is 0.281 e. The average molecular weight is 476 g/mol. The van der Waals surface area contributed by atoms with Gasteiger partial charge in [0.25, 0.3) is 5.91 Å². The van der Waals surface area contributed by atoms with Crippen LogP contribution in [0.4, 0.5) is 13.2 Å². The Morgan fingerprint density at radius 2 is 1.69 bits per heavy atom. The van der Waals surface area contributed by atoms with Gasteiger partial charge >= 0.3 is 0 Å². The summed E-state index contributed by atoms with van der Waals surface area (Å²) in [6.07, 6.45) is 4.47. The fourth-order valence-corrected chi connectivity index (χ4v) is 4.73. The first-order valence-electron chi connectivity index (χ1n) is 11.5. The van der Waals surface area contributed by atoms with Gasteiger partial charge < -0.3 is 4.74 Å². The first-order valence-corrected chi connectivity index (χ1v) is 11.5. The Morgan fingerprint density at radius 1 is 0.971 bits per heavy atom. The van der Waals surface area contributed by atoms with Crippen LogP contribution in [-0.2, 0) is 4.79 Å². The zero-order valence-electron chi connectivity index (χ0n) is 18.8. The molecule has 0 N–H and O–H groups in total. The van der Waals surface area contributed by atoms with E-state index in [4.69, 9.17) is 9.84 Å². The molecule has 1 heterocycles.